The van der Waals surface area contributed by atoms with Gasteiger partial charge in [0, 0.05) is 34.8 Å². The van der Waals surface area contributed by atoms with Crippen LogP contribution in [0.3, 0.4) is 0 Å². The molecule has 2 aliphatic rings. The standard InChI is InChI=1S/C33H33N5O4/c39-29(40)17-12-22-10-14-25(15-11-22)35-32(42)33(18-6-19-33)36-31(41)24-13-16-26-27(21-24)37-38(28-9-4-5-20-34-28)30(26)23-7-2-1-3-8-23/h4-5,9-17,20-21,23H,1-3,6-8,18-19H2,(H,35,42)(H,36,41)(H,39,40)/b17-12+. The molecule has 0 radical (unpaired) electrons. The second-order valence-electron chi connectivity index (χ2n) is 11.2. The summed E-state index contributed by atoms with van der Waals surface area (Å²) in [6.07, 6.45) is 12.1. The van der Waals surface area contributed by atoms with Crippen molar-refractivity contribution in [3.05, 3.63) is 89.8 Å². The van der Waals surface area contributed by atoms with Crippen LogP contribution in [-0.4, -0.2) is 43.2 Å². The van der Waals surface area contributed by atoms with Crippen molar-refractivity contribution in [3.8, 4) is 5.82 Å². The number of hydrogen-bond donors (Lipinski definition) is 3. The highest BCUT2D eigenvalue weighted by Crippen LogP contribution is 2.38. The first-order valence-electron chi connectivity index (χ1n) is 14.5. The maximum absolute atomic E-state index is 13.5. The molecule has 3 N–H and O–H groups in total. The van der Waals surface area contributed by atoms with E-state index in [1.807, 2.05) is 41.1 Å². The van der Waals surface area contributed by atoms with Gasteiger partial charge in [0.05, 0.1) is 11.2 Å². The molecule has 9 heteroatoms. The van der Waals surface area contributed by atoms with Crippen LogP contribution in [0.5, 0.6) is 0 Å². The zero-order valence-electron chi connectivity index (χ0n) is 23.3. The van der Waals surface area contributed by atoms with Gasteiger partial charge in [-0.25, -0.2) is 14.5 Å². The molecule has 2 fully saturated rings. The Labute approximate surface area is 243 Å². The van der Waals surface area contributed by atoms with E-state index in [2.05, 4.69) is 15.6 Å². The van der Waals surface area contributed by atoms with Crippen molar-refractivity contribution in [2.75, 3.05) is 5.32 Å². The Balaban J connectivity index is 1.22. The summed E-state index contributed by atoms with van der Waals surface area (Å²) < 4.78 is 1.94. The number of benzene rings is 2. The lowest BCUT2D eigenvalue weighted by Crippen LogP contribution is -2.61. The maximum Gasteiger partial charge on any atom is 0.328 e. The molecule has 2 heterocycles. The van der Waals surface area contributed by atoms with E-state index in [4.69, 9.17) is 10.2 Å². The lowest BCUT2D eigenvalue weighted by molar-refractivity contribution is -0.131. The van der Waals surface area contributed by atoms with Crippen LogP contribution in [0.4, 0.5) is 5.69 Å². The number of nitrogens with one attached hydrogen (secondary N) is 2. The van der Waals surface area contributed by atoms with Crippen LogP contribution in [-0.2, 0) is 9.59 Å². The molecule has 0 atom stereocenters. The molecule has 0 bridgehead atoms. The van der Waals surface area contributed by atoms with Crippen LogP contribution in [0.1, 0.15) is 78.9 Å². The van der Waals surface area contributed by atoms with Crippen LogP contribution in [0.15, 0.2) is 72.9 Å². The van der Waals surface area contributed by atoms with E-state index in [9.17, 15) is 14.4 Å². The van der Waals surface area contributed by atoms with Crippen molar-refractivity contribution >= 4 is 40.4 Å². The number of aromatic nitrogens is 3. The first-order valence-corrected chi connectivity index (χ1v) is 14.5. The second kappa shape index (κ2) is 11.6. The molecule has 2 saturated carbocycles. The lowest BCUT2D eigenvalue weighted by atomic mass is 9.75. The summed E-state index contributed by atoms with van der Waals surface area (Å²) in [5.74, 6) is -0.463. The number of carboxylic acid groups (broad SMARTS) is 1. The van der Waals surface area contributed by atoms with Crippen molar-refractivity contribution in [1.82, 2.24) is 20.1 Å². The molecule has 2 aliphatic carbocycles. The molecule has 2 amide bonds. The van der Waals surface area contributed by atoms with E-state index in [1.165, 1.54) is 25.3 Å². The Morgan fingerprint density at radius 3 is 2.40 bits per heavy atom. The van der Waals surface area contributed by atoms with Gasteiger partial charge in [-0.05, 0) is 80.1 Å². The number of carboxylic acids is 1. The fourth-order valence-corrected chi connectivity index (χ4v) is 5.99. The smallest absolute Gasteiger partial charge is 0.328 e. The molecular formula is C33H33N5O4. The molecular weight excluding hydrogens is 530 g/mol. The van der Waals surface area contributed by atoms with Gasteiger partial charge in [-0.3, -0.25) is 9.59 Å². The Bertz CT molecular complexity index is 1650. The highest BCUT2D eigenvalue weighted by molar-refractivity contribution is 6.05. The number of rotatable bonds is 8. The number of amides is 2. The Kier molecular flexibility index (Phi) is 7.56. The summed E-state index contributed by atoms with van der Waals surface area (Å²) >= 11 is 0. The van der Waals surface area contributed by atoms with Gasteiger partial charge in [0.15, 0.2) is 5.82 Å². The highest BCUT2D eigenvalue weighted by Gasteiger charge is 2.45. The quantitative estimate of drug-likeness (QED) is 0.231. The average molecular weight is 564 g/mol. The van der Waals surface area contributed by atoms with Crippen LogP contribution < -0.4 is 10.6 Å². The summed E-state index contributed by atoms with van der Waals surface area (Å²) in [7, 11) is 0. The van der Waals surface area contributed by atoms with Crippen molar-refractivity contribution in [3.63, 3.8) is 0 Å². The van der Waals surface area contributed by atoms with Crippen LogP contribution in [0.25, 0.3) is 22.8 Å². The minimum absolute atomic E-state index is 0.268. The third-order valence-electron chi connectivity index (χ3n) is 8.41. The average Bonchev–Trinajstić information content (AvgIpc) is 3.38. The number of hydrogen-bond acceptors (Lipinski definition) is 5. The van der Waals surface area contributed by atoms with Gasteiger partial charge in [0.2, 0.25) is 5.91 Å². The predicted octanol–water partition coefficient (Wildman–Crippen LogP) is 5.86. The number of carbonyl (C=O) groups is 3. The third kappa shape index (κ3) is 5.54. The SMILES string of the molecule is O=C(O)/C=C/c1ccc(NC(=O)C2(NC(=O)c3ccc4c(C5CCCCC5)n(-c5ccccn5)nc4c3)CCC2)cc1. The van der Waals surface area contributed by atoms with Crippen LogP contribution in [0, 0.1) is 0 Å². The summed E-state index contributed by atoms with van der Waals surface area (Å²) in [5.41, 5.74) is 2.62. The molecule has 2 aromatic heterocycles. The van der Waals surface area contributed by atoms with Crippen LogP contribution in [0.2, 0.25) is 0 Å². The molecule has 0 aliphatic heterocycles. The van der Waals surface area contributed by atoms with E-state index in [-0.39, 0.29) is 11.8 Å². The van der Waals surface area contributed by atoms with E-state index in [0.717, 1.165) is 47.8 Å². The molecule has 0 saturated heterocycles. The molecule has 0 unspecified atom stereocenters. The molecule has 214 valence electrons. The molecule has 6 rings (SSSR count). The Morgan fingerprint density at radius 1 is 0.952 bits per heavy atom. The van der Waals surface area contributed by atoms with Gasteiger partial charge in [-0.1, -0.05) is 43.5 Å². The van der Waals surface area contributed by atoms with Crippen molar-refractivity contribution in [2.24, 2.45) is 0 Å². The number of pyridine rings is 1. The second-order valence-corrected chi connectivity index (χ2v) is 11.2. The minimum atomic E-state index is -1.03. The molecule has 2 aromatic carbocycles. The van der Waals surface area contributed by atoms with Crippen molar-refractivity contribution in [1.29, 1.82) is 0 Å². The van der Waals surface area contributed by atoms with Gasteiger partial charge < -0.3 is 15.7 Å². The Hall–Kier alpha value is -4.79. The van der Waals surface area contributed by atoms with E-state index in [1.54, 1.807) is 30.5 Å². The number of nitrogens with zero attached hydrogens (tertiary/aromatic N) is 3. The van der Waals surface area contributed by atoms with E-state index < -0.39 is 11.5 Å². The zero-order chi connectivity index (χ0) is 29.1. The number of aliphatic carboxylic acids is 1. The first kappa shape index (κ1) is 27.4. The largest absolute Gasteiger partial charge is 0.478 e. The van der Waals surface area contributed by atoms with Crippen LogP contribution >= 0.6 is 0 Å². The van der Waals surface area contributed by atoms with Gasteiger partial charge >= 0.3 is 5.97 Å². The van der Waals surface area contributed by atoms with Gasteiger partial charge in [-0.15, -0.1) is 0 Å². The zero-order valence-corrected chi connectivity index (χ0v) is 23.3. The Morgan fingerprint density at radius 2 is 1.74 bits per heavy atom. The summed E-state index contributed by atoms with van der Waals surface area (Å²) in [6.45, 7) is 0. The number of anilines is 1. The summed E-state index contributed by atoms with van der Waals surface area (Å²) in [4.78, 5) is 42.1. The molecule has 4 aromatic rings. The monoisotopic (exact) mass is 563 g/mol. The highest BCUT2D eigenvalue weighted by atomic mass is 16.4. The van der Waals surface area contributed by atoms with Gasteiger partial charge in [0.1, 0.15) is 5.54 Å². The third-order valence-corrected chi connectivity index (χ3v) is 8.41. The lowest BCUT2D eigenvalue weighted by Gasteiger charge is -2.40. The van der Waals surface area contributed by atoms with E-state index in [0.29, 0.717) is 35.6 Å². The fraction of sp³-hybridized carbons (Fsp3) is 0.303. The number of carbonyl (C=O) groups excluding carboxylic acids is 2. The predicted molar refractivity (Wildman–Crippen MR) is 160 cm³/mol. The molecule has 0 spiro atoms. The first-order chi connectivity index (χ1) is 20.4. The minimum Gasteiger partial charge on any atom is -0.478 e. The molecule has 9 nitrogen and oxygen atoms in total. The normalized spacial score (nSPS) is 16.7. The van der Waals surface area contributed by atoms with Crippen molar-refractivity contribution in [2.45, 2.75) is 62.8 Å². The fourth-order valence-electron chi connectivity index (χ4n) is 5.99. The maximum atomic E-state index is 13.5. The van der Waals surface area contributed by atoms with E-state index >= 15 is 0 Å². The number of fused-ring (bicyclic) bond motifs is 1. The van der Waals surface area contributed by atoms with Gasteiger partial charge in [0.25, 0.3) is 5.91 Å². The topological polar surface area (TPSA) is 126 Å². The molecule has 42 heavy (non-hydrogen) atoms. The van der Waals surface area contributed by atoms with Crippen molar-refractivity contribution < 1.29 is 19.5 Å². The summed E-state index contributed by atoms with van der Waals surface area (Å²) in [5, 5.41) is 20.7. The van der Waals surface area contributed by atoms with Gasteiger partial charge in [-0.2, -0.15) is 5.10 Å². The summed E-state index contributed by atoms with van der Waals surface area (Å²) in [6, 6.07) is 18.3.